The molecule has 1 aromatic carbocycles. The molecule has 32 heavy (non-hydrogen) atoms. The van der Waals surface area contributed by atoms with Gasteiger partial charge in [0, 0.05) is 31.6 Å². The molecule has 1 aromatic rings. The first-order valence-electron chi connectivity index (χ1n) is 11.5. The molecule has 3 amide bonds. The molecule has 0 spiro atoms. The molecule has 0 aromatic heterocycles. The highest BCUT2D eigenvalue weighted by Gasteiger charge is 2.34. The molecule has 8 heteroatoms. The van der Waals surface area contributed by atoms with E-state index in [1.165, 1.54) is 0 Å². The number of fused-ring (bicyclic) bond motifs is 1. The van der Waals surface area contributed by atoms with Crippen LogP contribution in [-0.2, 0) is 9.59 Å². The average molecular weight is 446 g/mol. The molecule has 1 atom stereocenters. The van der Waals surface area contributed by atoms with E-state index in [9.17, 15) is 14.4 Å². The lowest BCUT2D eigenvalue weighted by Crippen LogP contribution is -2.54. The fourth-order valence-electron chi connectivity index (χ4n) is 4.04. The number of ether oxygens (including phenoxy) is 2. The van der Waals surface area contributed by atoms with E-state index < -0.39 is 6.04 Å². The second kappa shape index (κ2) is 10.7. The third-order valence-corrected chi connectivity index (χ3v) is 5.83. The average Bonchev–Trinajstić information content (AvgIpc) is 3.23. The molecule has 2 aliphatic rings. The first kappa shape index (κ1) is 23.9. The number of hydrogen-bond donors (Lipinski definition) is 2. The summed E-state index contributed by atoms with van der Waals surface area (Å²) in [7, 11) is 0. The van der Waals surface area contributed by atoms with Crippen molar-refractivity contribution < 1.29 is 23.9 Å². The van der Waals surface area contributed by atoms with Gasteiger partial charge < -0.3 is 25.0 Å². The zero-order valence-electron chi connectivity index (χ0n) is 19.5. The van der Waals surface area contributed by atoms with Crippen LogP contribution in [-0.4, -0.2) is 55.1 Å². The van der Waals surface area contributed by atoms with Crippen LogP contribution in [0.4, 0.5) is 0 Å². The lowest BCUT2D eigenvalue weighted by molar-refractivity contribution is -0.133. The fraction of sp³-hybridized carbons (Fsp3) is 0.625. The predicted octanol–water partition coefficient (Wildman–Crippen LogP) is 2.57. The van der Waals surface area contributed by atoms with E-state index >= 15 is 0 Å². The van der Waals surface area contributed by atoms with Gasteiger partial charge in [0.1, 0.15) is 6.04 Å². The van der Waals surface area contributed by atoms with E-state index in [1.807, 2.05) is 32.6 Å². The van der Waals surface area contributed by atoms with Gasteiger partial charge in [-0.1, -0.05) is 27.7 Å². The molecule has 2 N–H and O–H groups in total. The summed E-state index contributed by atoms with van der Waals surface area (Å²) in [6.45, 7) is 10.00. The Hall–Kier alpha value is -2.77. The molecule has 0 unspecified atom stereocenters. The standard InChI is InChI=1S/C24H35N3O5/c1-15(2)11-21(28)27-9-7-17(8-10-27)22(24(30)25-13-16(3)4)26-23(29)18-5-6-19-20(12-18)32-14-31-19/h5-6,12,15-17,22H,7-11,13-14H2,1-4H3,(H,25,30)(H,26,29)/t22-/m1/s1. The Kier molecular flexibility index (Phi) is 7.99. The van der Waals surface area contributed by atoms with Crippen LogP contribution in [0.15, 0.2) is 18.2 Å². The monoisotopic (exact) mass is 445 g/mol. The molecule has 0 bridgehead atoms. The van der Waals surface area contributed by atoms with Crippen LogP contribution in [0.3, 0.4) is 0 Å². The molecular weight excluding hydrogens is 410 g/mol. The van der Waals surface area contributed by atoms with Crippen molar-refractivity contribution in [1.82, 2.24) is 15.5 Å². The van der Waals surface area contributed by atoms with Crippen molar-refractivity contribution in [3.8, 4) is 11.5 Å². The molecule has 3 rings (SSSR count). The zero-order chi connectivity index (χ0) is 23.3. The largest absolute Gasteiger partial charge is 0.454 e. The SMILES string of the molecule is CC(C)CNC(=O)[C@H](NC(=O)c1ccc2c(c1)OCO2)C1CCN(C(=O)CC(C)C)CC1. The van der Waals surface area contributed by atoms with Gasteiger partial charge in [-0.25, -0.2) is 0 Å². The van der Waals surface area contributed by atoms with Gasteiger partial charge >= 0.3 is 0 Å². The van der Waals surface area contributed by atoms with Gasteiger partial charge in [0.15, 0.2) is 11.5 Å². The molecule has 8 nitrogen and oxygen atoms in total. The van der Waals surface area contributed by atoms with E-state index in [2.05, 4.69) is 10.6 Å². The molecule has 1 fully saturated rings. The highest BCUT2D eigenvalue weighted by molar-refractivity contribution is 5.98. The Bertz CT molecular complexity index is 831. The number of likely N-dealkylation sites (tertiary alicyclic amines) is 1. The summed E-state index contributed by atoms with van der Waals surface area (Å²) in [4.78, 5) is 40.3. The minimum atomic E-state index is -0.658. The lowest BCUT2D eigenvalue weighted by atomic mass is 9.88. The van der Waals surface area contributed by atoms with Crippen molar-refractivity contribution in [1.29, 1.82) is 0 Å². The van der Waals surface area contributed by atoms with E-state index in [1.54, 1.807) is 18.2 Å². The van der Waals surface area contributed by atoms with Crippen LogP contribution >= 0.6 is 0 Å². The summed E-state index contributed by atoms with van der Waals surface area (Å²) in [6, 6.07) is 4.34. The Morgan fingerprint density at radius 1 is 1.03 bits per heavy atom. The van der Waals surface area contributed by atoms with Gasteiger partial charge in [-0.3, -0.25) is 14.4 Å². The topological polar surface area (TPSA) is 97.0 Å². The first-order chi connectivity index (χ1) is 15.2. The number of rotatable bonds is 8. The number of amides is 3. The van der Waals surface area contributed by atoms with Crippen molar-refractivity contribution >= 4 is 17.7 Å². The molecule has 0 radical (unpaired) electrons. The van der Waals surface area contributed by atoms with E-state index in [0.29, 0.717) is 67.8 Å². The van der Waals surface area contributed by atoms with Gasteiger partial charge in [-0.15, -0.1) is 0 Å². The molecule has 176 valence electrons. The van der Waals surface area contributed by atoms with Crippen molar-refractivity contribution in [2.75, 3.05) is 26.4 Å². The van der Waals surface area contributed by atoms with Crippen LogP contribution in [0, 0.1) is 17.8 Å². The molecule has 0 aliphatic carbocycles. The lowest BCUT2D eigenvalue weighted by Gasteiger charge is -2.36. The minimum Gasteiger partial charge on any atom is -0.454 e. The summed E-state index contributed by atoms with van der Waals surface area (Å²) in [5, 5.41) is 5.90. The van der Waals surface area contributed by atoms with Crippen molar-refractivity contribution in [2.45, 2.75) is 53.0 Å². The maximum Gasteiger partial charge on any atom is 0.252 e. The van der Waals surface area contributed by atoms with Crippen molar-refractivity contribution in [3.05, 3.63) is 23.8 Å². The number of carbonyl (C=O) groups excluding carboxylic acids is 3. The molecule has 2 aliphatic heterocycles. The normalized spacial score (nSPS) is 16.9. The third-order valence-electron chi connectivity index (χ3n) is 5.83. The first-order valence-corrected chi connectivity index (χ1v) is 11.5. The van der Waals surface area contributed by atoms with Crippen LogP contribution in [0.1, 0.15) is 57.3 Å². The third kappa shape index (κ3) is 6.14. The summed E-state index contributed by atoms with van der Waals surface area (Å²) >= 11 is 0. The van der Waals surface area contributed by atoms with Crippen LogP contribution in [0.25, 0.3) is 0 Å². The number of hydrogen-bond acceptors (Lipinski definition) is 5. The predicted molar refractivity (Wildman–Crippen MR) is 120 cm³/mol. The minimum absolute atomic E-state index is 0.0387. The Morgan fingerprint density at radius 3 is 2.38 bits per heavy atom. The van der Waals surface area contributed by atoms with Gasteiger partial charge in [-0.05, 0) is 48.8 Å². The number of nitrogens with one attached hydrogen (secondary N) is 2. The number of benzene rings is 1. The summed E-state index contributed by atoms with van der Waals surface area (Å²) in [5.41, 5.74) is 0.417. The van der Waals surface area contributed by atoms with Gasteiger partial charge in [0.05, 0.1) is 0 Å². The van der Waals surface area contributed by atoms with Crippen molar-refractivity contribution in [2.24, 2.45) is 17.8 Å². The highest BCUT2D eigenvalue weighted by atomic mass is 16.7. The van der Waals surface area contributed by atoms with Gasteiger partial charge in [0.2, 0.25) is 18.6 Å². The smallest absolute Gasteiger partial charge is 0.252 e. The Labute approximate surface area is 190 Å². The molecule has 0 saturated carbocycles. The summed E-state index contributed by atoms with van der Waals surface area (Å²) in [6.07, 6.45) is 1.87. The molecule has 2 heterocycles. The fourth-order valence-corrected chi connectivity index (χ4v) is 4.04. The van der Waals surface area contributed by atoms with Gasteiger partial charge in [0.25, 0.3) is 5.91 Å². The van der Waals surface area contributed by atoms with Crippen LogP contribution in [0.5, 0.6) is 11.5 Å². The van der Waals surface area contributed by atoms with E-state index in [4.69, 9.17) is 9.47 Å². The quantitative estimate of drug-likeness (QED) is 0.641. The van der Waals surface area contributed by atoms with Gasteiger partial charge in [-0.2, -0.15) is 0 Å². The second-order valence-electron chi connectivity index (χ2n) is 9.47. The maximum atomic E-state index is 13.0. The van der Waals surface area contributed by atoms with Crippen LogP contribution < -0.4 is 20.1 Å². The van der Waals surface area contributed by atoms with E-state index in [-0.39, 0.29) is 30.4 Å². The summed E-state index contributed by atoms with van der Waals surface area (Å²) in [5.74, 6) is 1.36. The molecular formula is C24H35N3O5. The number of carbonyl (C=O) groups is 3. The Balaban J connectivity index is 1.68. The number of piperidine rings is 1. The second-order valence-corrected chi connectivity index (χ2v) is 9.47. The summed E-state index contributed by atoms with van der Waals surface area (Å²) < 4.78 is 10.7. The van der Waals surface area contributed by atoms with E-state index in [0.717, 1.165) is 0 Å². The highest BCUT2D eigenvalue weighted by Crippen LogP contribution is 2.32. The Morgan fingerprint density at radius 2 is 1.72 bits per heavy atom. The maximum absolute atomic E-state index is 13.0. The van der Waals surface area contributed by atoms with Crippen LogP contribution in [0.2, 0.25) is 0 Å². The van der Waals surface area contributed by atoms with Crippen molar-refractivity contribution in [3.63, 3.8) is 0 Å². The zero-order valence-corrected chi connectivity index (χ0v) is 19.5. The molecule has 1 saturated heterocycles. The number of nitrogens with zero attached hydrogens (tertiary/aromatic N) is 1.